The fraction of sp³-hybridized carbons (Fsp3) is 0.500. The van der Waals surface area contributed by atoms with Crippen molar-refractivity contribution in [3.63, 3.8) is 0 Å². The molecule has 2 rings (SSSR count). The van der Waals surface area contributed by atoms with Crippen molar-refractivity contribution in [3.05, 3.63) is 28.8 Å². The lowest BCUT2D eigenvalue weighted by atomic mass is 10.1. The molecule has 1 N–H and O–H groups in total. The molecule has 0 radical (unpaired) electrons. The lowest BCUT2D eigenvalue weighted by Crippen LogP contribution is -2.21. The molecule has 1 heterocycles. The zero-order valence-corrected chi connectivity index (χ0v) is 12.0. The summed E-state index contributed by atoms with van der Waals surface area (Å²) in [7, 11) is 2.08. The fourth-order valence-corrected chi connectivity index (χ4v) is 2.55. The molecule has 1 fully saturated rings. The molecule has 0 bridgehead atoms. The molecule has 0 aromatic heterocycles. The molecule has 1 saturated heterocycles. The minimum Gasteiger partial charge on any atom is -0.449 e. The van der Waals surface area contributed by atoms with E-state index in [0.717, 1.165) is 25.1 Å². The summed E-state index contributed by atoms with van der Waals surface area (Å²) in [5.74, 6) is 0.433. The highest BCUT2D eigenvalue weighted by atomic mass is 35.5. The normalized spacial score (nSPS) is 19.4. The summed E-state index contributed by atoms with van der Waals surface area (Å²) in [6.45, 7) is 4.41. The summed E-state index contributed by atoms with van der Waals surface area (Å²) in [5, 5.41) is 3.23. The van der Waals surface area contributed by atoms with E-state index in [1.165, 1.54) is 0 Å². The second kappa shape index (κ2) is 6.26. The maximum Gasteiger partial charge on any atom is 0.411 e. The summed E-state index contributed by atoms with van der Waals surface area (Å²) >= 11 is 6.04. The molecule has 1 aromatic carbocycles. The largest absolute Gasteiger partial charge is 0.449 e. The maximum atomic E-state index is 11.7. The van der Waals surface area contributed by atoms with E-state index in [-0.39, 0.29) is 0 Å². The van der Waals surface area contributed by atoms with Crippen LogP contribution < -0.4 is 5.32 Å². The quantitative estimate of drug-likeness (QED) is 0.926. The Morgan fingerprint density at radius 1 is 1.58 bits per heavy atom. The van der Waals surface area contributed by atoms with Crippen molar-refractivity contribution in [1.82, 2.24) is 4.90 Å². The number of likely N-dealkylation sites (tertiary alicyclic amines) is 1. The smallest absolute Gasteiger partial charge is 0.411 e. The van der Waals surface area contributed by atoms with Crippen LogP contribution >= 0.6 is 11.6 Å². The predicted octanol–water partition coefficient (Wildman–Crippen LogP) is 3.15. The number of amides is 1. The van der Waals surface area contributed by atoms with Crippen LogP contribution in [0.4, 0.5) is 10.5 Å². The average molecular weight is 283 g/mol. The standard InChI is InChI=1S/C14H19ClN2O2/c1-10-4-3-5-12(15)13(10)16-14(18)19-9-11-6-7-17(2)8-11/h3-5,11H,6-9H2,1-2H3,(H,16,18). The van der Waals surface area contributed by atoms with Crippen molar-refractivity contribution in [1.29, 1.82) is 0 Å². The Kier molecular flexibility index (Phi) is 4.66. The number of benzene rings is 1. The van der Waals surface area contributed by atoms with Crippen LogP contribution in [0.15, 0.2) is 18.2 Å². The molecule has 104 valence electrons. The van der Waals surface area contributed by atoms with E-state index in [4.69, 9.17) is 16.3 Å². The Hall–Kier alpha value is -1.26. The number of nitrogens with one attached hydrogen (secondary N) is 1. The van der Waals surface area contributed by atoms with Crippen LogP contribution in [0.25, 0.3) is 0 Å². The molecule has 5 heteroatoms. The third kappa shape index (κ3) is 3.85. The van der Waals surface area contributed by atoms with Crippen molar-refractivity contribution in [2.45, 2.75) is 13.3 Å². The molecule has 4 nitrogen and oxygen atoms in total. The number of hydrogen-bond acceptors (Lipinski definition) is 3. The minimum atomic E-state index is -0.439. The highest BCUT2D eigenvalue weighted by molar-refractivity contribution is 6.33. The van der Waals surface area contributed by atoms with Crippen molar-refractivity contribution in [2.24, 2.45) is 5.92 Å². The molecule has 1 aromatic rings. The molecule has 0 spiro atoms. The summed E-state index contributed by atoms with van der Waals surface area (Å²) in [6.07, 6.45) is 0.639. The van der Waals surface area contributed by atoms with Gasteiger partial charge in [-0.15, -0.1) is 0 Å². The monoisotopic (exact) mass is 282 g/mol. The first-order valence-corrected chi connectivity index (χ1v) is 6.81. The van der Waals surface area contributed by atoms with Crippen LogP contribution in [0.1, 0.15) is 12.0 Å². The first-order chi connectivity index (χ1) is 9.06. The minimum absolute atomic E-state index is 0.433. The van der Waals surface area contributed by atoms with Crippen LogP contribution in [-0.2, 0) is 4.74 Å². The number of ether oxygens (including phenoxy) is 1. The molecule has 0 aliphatic carbocycles. The second-order valence-corrected chi connectivity index (χ2v) is 5.48. The Labute approximate surface area is 118 Å². The molecule has 1 amide bonds. The van der Waals surface area contributed by atoms with Gasteiger partial charge in [-0.05, 0) is 38.6 Å². The zero-order chi connectivity index (χ0) is 13.8. The van der Waals surface area contributed by atoms with Crippen LogP contribution in [0.2, 0.25) is 5.02 Å². The molecule has 1 aliphatic rings. The molecule has 1 atom stereocenters. The van der Waals surface area contributed by atoms with E-state index in [9.17, 15) is 4.79 Å². The lowest BCUT2D eigenvalue weighted by molar-refractivity contribution is 0.142. The van der Waals surface area contributed by atoms with E-state index in [0.29, 0.717) is 23.2 Å². The number of anilines is 1. The molecule has 0 saturated carbocycles. The van der Waals surface area contributed by atoms with E-state index in [1.807, 2.05) is 19.1 Å². The third-order valence-electron chi connectivity index (χ3n) is 3.39. The van der Waals surface area contributed by atoms with Gasteiger partial charge in [0.15, 0.2) is 0 Å². The summed E-state index contributed by atoms with van der Waals surface area (Å²) < 4.78 is 5.25. The van der Waals surface area contributed by atoms with Gasteiger partial charge in [0.1, 0.15) is 0 Å². The Balaban J connectivity index is 1.84. The first kappa shape index (κ1) is 14.2. The number of carbonyl (C=O) groups is 1. The van der Waals surface area contributed by atoms with Gasteiger partial charge in [0.2, 0.25) is 0 Å². The topological polar surface area (TPSA) is 41.6 Å². The third-order valence-corrected chi connectivity index (χ3v) is 3.70. The number of aryl methyl sites for hydroxylation is 1. The van der Waals surface area contributed by atoms with E-state index < -0.39 is 6.09 Å². The highest BCUT2D eigenvalue weighted by Crippen LogP contribution is 2.25. The summed E-state index contributed by atoms with van der Waals surface area (Å²) in [6, 6.07) is 5.49. The molecule has 1 aliphatic heterocycles. The van der Waals surface area contributed by atoms with Crippen molar-refractivity contribution in [2.75, 3.05) is 32.1 Å². The van der Waals surface area contributed by atoms with Gasteiger partial charge in [0, 0.05) is 12.5 Å². The Morgan fingerprint density at radius 3 is 3.00 bits per heavy atom. The van der Waals surface area contributed by atoms with Gasteiger partial charge in [-0.2, -0.15) is 0 Å². The highest BCUT2D eigenvalue weighted by Gasteiger charge is 2.21. The second-order valence-electron chi connectivity index (χ2n) is 5.07. The number of para-hydroxylation sites is 1. The number of rotatable bonds is 3. The van der Waals surface area contributed by atoms with Crippen LogP contribution in [0.3, 0.4) is 0 Å². The molecule has 1 unspecified atom stereocenters. The van der Waals surface area contributed by atoms with Crippen LogP contribution in [-0.4, -0.2) is 37.7 Å². The fourth-order valence-electron chi connectivity index (χ4n) is 2.28. The van der Waals surface area contributed by atoms with E-state index >= 15 is 0 Å². The van der Waals surface area contributed by atoms with Gasteiger partial charge in [-0.25, -0.2) is 4.79 Å². The SMILES string of the molecule is Cc1cccc(Cl)c1NC(=O)OCC1CCN(C)C1. The average Bonchev–Trinajstić information content (AvgIpc) is 2.77. The Bertz CT molecular complexity index is 445. The van der Waals surface area contributed by atoms with Gasteiger partial charge >= 0.3 is 6.09 Å². The van der Waals surface area contributed by atoms with E-state index in [2.05, 4.69) is 17.3 Å². The maximum absolute atomic E-state index is 11.7. The van der Waals surface area contributed by atoms with Gasteiger partial charge < -0.3 is 9.64 Å². The van der Waals surface area contributed by atoms with Crippen molar-refractivity contribution >= 4 is 23.4 Å². The van der Waals surface area contributed by atoms with Crippen molar-refractivity contribution < 1.29 is 9.53 Å². The first-order valence-electron chi connectivity index (χ1n) is 6.43. The van der Waals surface area contributed by atoms with Gasteiger partial charge in [-0.1, -0.05) is 23.7 Å². The summed E-state index contributed by atoms with van der Waals surface area (Å²) in [5.41, 5.74) is 1.54. The molecular weight excluding hydrogens is 264 g/mol. The summed E-state index contributed by atoms with van der Waals surface area (Å²) in [4.78, 5) is 14.0. The van der Waals surface area contributed by atoms with E-state index in [1.54, 1.807) is 6.07 Å². The number of nitrogens with zero attached hydrogens (tertiary/aromatic N) is 1. The van der Waals surface area contributed by atoms with Gasteiger partial charge in [0.25, 0.3) is 0 Å². The number of carbonyl (C=O) groups excluding carboxylic acids is 1. The van der Waals surface area contributed by atoms with Gasteiger partial charge in [-0.3, -0.25) is 5.32 Å². The number of halogens is 1. The van der Waals surface area contributed by atoms with Crippen LogP contribution in [0, 0.1) is 12.8 Å². The molecular formula is C14H19ClN2O2. The lowest BCUT2D eigenvalue weighted by Gasteiger charge is -2.13. The van der Waals surface area contributed by atoms with Crippen LogP contribution in [0.5, 0.6) is 0 Å². The predicted molar refractivity (Wildman–Crippen MR) is 76.8 cm³/mol. The zero-order valence-electron chi connectivity index (χ0n) is 11.3. The number of hydrogen-bond donors (Lipinski definition) is 1. The Morgan fingerprint density at radius 2 is 2.37 bits per heavy atom. The van der Waals surface area contributed by atoms with Gasteiger partial charge in [0.05, 0.1) is 17.3 Å². The van der Waals surface area contributed by atoms with Crippen molar-refractivity contribution in [3.8, 4) is 0 Å². The molecule has 19 heavy (non-hydrogen) atoms.